The van der Waals surface area contributed by atoms with E-state index in [1.807, 2.05) is 0 Å². The molecule has 0 aromatic heterocycles. The average molecular weight is 199 g/mol. The zero-order chi connectivity index (χ0) is 10.6. The van der Waals surface area contributed by atoms with Crippen LogP contribution in [-0.4, -0.2) is 19.9 Å². The molecule has 0 amide bonds. The summed E-state index contributed by atoms with van der Waals surface area (Å²) in [6, 6.07) is 3.71. The lowest BCUT2D eigenvalue weighted by atomic mass is 10.2. The summed E-state index contributed by atoms with van der Waals surface area (Å²) >= 11 is 0. The molecule has 0 radical (unpaired) electrons. The van der Waals surface area contributed by atoms with Crippen molar-refractivity contribution in [1.82, 2.24) is 0 Å². The van der Waals surface area contributed by atoms with E-state index in [0.29, 0.717) is 0 Å². The molecule has 0 aliphatic heterocycles. The lowest BCUT2D eigenvalue weighted by Gasteiger charge is -2.03. The highest BCUT2D eigenvalue weighted by Gasteiger charge is 2.09. The Bertz CT molecular complexity index is 341. The molecule has 0 atom stereocenters. The second kappa shape index (κ2) is 4.57. The molecule has 0 saturated carbocycles. The number of hydrogen-bond acceptors (Lipinski definition) is 4. The first-order chi connectivity index (χ1) is 6.65. The Morgan fingerprint density at radius 2 is 2.29 bits per heavy atom. The number of hydrogen-bond donors (Lipinski definition) is 1. The van der Waals surface area contributed by atoms with Crippen LogP contribution in [0.3, 0.4) is 0 Å². The van der Waals surface area contributed by atoms with Gasteiger partial charge in [-0.25, -0.2) is 9.18 Å². The SMILES string of the molecule is COCOC(=O)c1ccc(N)c(F)c1. The van der Waals surface area contributed by atoms with E-state index in [0.717, 1.165) is 6.07 Å². The van der Waals surface area contributed by atoms with E-state index in [4.69, 9.17) is 5.73 Å². The molecule has 1 aromatic carbocycles. The Hall–Kier alpha value is -1.62. The summed E-state index contributed by atoms with van der Waals surface area (Å²) in [5.41, 5.74) is 5.34. The van der Waals surface area contributed by atoms with Gasteiger partial charge in [0.2, 0.25) is 0 Å². The maximum Gasteiger partial charge on any atom is 0.340 e. The van der Waals surface area contributed by atoms with Crippen LogP contribution in [0.25, 0.3) is 0 Å². The van der Waals surface area contributed by atoms with Gasteiger partial charge in [-0.1, -0.05) is 0 Å². The fourth-order valence-electron chi connectivity index (χ4n) is 0.850. The van der Waals surface area contributed by atoms with Gasteiger partial charge in [0, 0.05) is 7.11 Å². The monoisotopic (exact) mass is 199 g/mol. The molecule has 1 aromatic rings. The van der Waals surface area contributed by atoms with E-state index in [-0.39, 0.29) is 18.0 Å². The highest BCUT2D eigenvalue weighted by molar-refractivity contribution is 5.89. The number of nitrogen functional groups attached to an aromatic ring is 1. The van der Waals surface area contributed by atoms with Gasteiger partial charge in [-0.3, -0.25) is 0 Å². The summed E-state index contributed by atoms with van der Waals surface area (Å²) in [6.45, 7) is -0.162. The zero-order valence-electron chi connectivity index (χ0n) is 7.62. The van der Waals surface area contributed by atoms with E-state index < -0.39 is 11.8 Å². The Labute approximate surface area is 80.4 Å². The fraction of sp³-hybridized carbons (Fsp3) is 0.222. The van der Waals surface area contributed by atoms with Gasteiger partial charge in [-0.2, -0.15) is 0 Å². The van der Waals surface area contributed by atoms with Crippen molar-refractivity contribution < 1.29 is 18.7 Å². The fourth-order valence-corrected chi connectivity index (χ4v) is 0.850. The average Bonchev–Trinajstić information content (AvgIpc) is 2.18. The number of carbonyl (C=O) groups excluding carboxylic acids is 1. The number of esters is 1. The number of rotatable bonds is 3. The number of nitrogens with two attached hydrogens (primary N) is 1. The predicted molar refractivity (Wildman–Crippen MR) is 48.1 cm³/mol. The van der Waals surface area contributed by atoms with Crippen molar-refractivity contribution in [2.45, 2.75) is 0 Å². The molecule has 0 saturated heterocycles. The van der Waals surface area contributed by atoms with Gasteiger partial charge in [-0.05, 0) is 18.2 Å². The van der Waals surface area contributed by atoms with E-state index in [1.165, 1.54) is 19.2 Å². The molecule has 0 fully saturated rings. The van der Waals surface area contributed by atoms with Gasteiger partial charge < -0.3 is 15.2 Å². The summed E-state index contributed by atoms with van der Waals surface area (Å²) in [5.74, 6) is -1.29. The molecule has 0 aliphatic carbocycles. The lowest BCUT2D eigenvalue weighted by Crippen LogP contribution is -2.08. The third-order valence-electron chi connectivity index (χ3n) is 1.54. The highest BCUT2D eigenvalue weighted by Crippen LogP contribution is 2.12. The molecule has 76 valence electrons. The molecule has 0 spiro atoms. The summed E-state index contributed by atoms with van der Waals surface area (Å²) in [6.07, 6.45) is 0. The number of carbonyl (C=O) groups is 1. The Morgan fingerprint density at radius 1 is 1.57 bits per heavy atom. The van der Waals surface area contributed by atoms with Crippen LogP contribution in [0.5, 0.6) is 0 Å². The topological polar surface area (TPSA) is 61.5 Å². The number of methoxy groups -OCH3 is 1. The molecule has 0 bridgehead atoms. The molecule has 14 heavy (non-hydrogen) atoms. The number of ether oxygens (including phenoxy) is 2. The van der Waals surface area contributed by atoms with E-state index in [2.05, 4.69) is 9.47 Å². The van der Waals surface area contributed by atoms with Crippen molar-refractivity contribution in [3.8, 4) is 0 Å². The van der Waals surface area contributed by atoms with Crippen LogP contribution in [0.4, 0.5) is 10.1 Å². The van der Waals surface area contributed by atoms with E-state index in [9.17, 15) is 9.18 Å². The minimum absolute atomic E-state index is 0.00621. The summed E-state index contributed by atoms with van der Waals surface area (Å²) in [4.78, 5) is 11.2. The normalized spacial score (nSPS) is 9.86. The molecule has 4 nitrogen and oxygen atoms in total. The van der Waals surface area contributed by atoms with Crippen LogP contribution in [-0.2, 0) is 9.47 Å². The molecular weight excluding hydrogens is 189 g/mol. The van der Waals surface area contributed by atoms with Crippen LogP contribution >= 0.6 is 0 Å². The van der Waals surface area contributed by atoms with Crippen molar-refractivity contribution in [2.24, 2.45) is 0 Å². The van der Waals surface area contributed by atoms with E-state index in [1.54, 1.807) is 0 Å². The molecule has 5 heteroatoms. The van der Waals surface area contributed by atoms with Crippen LogP contribution in [0.1, 0.15) is 10.4 Å². The second-order valence-corrected chi connectivity index (χ2v) is 2.57. The summed E-state index contributed by atoms with van der Waals surface area (Å²) < 4.78 is 22.0. The lowest BCUT2D eigenvalue weighted by molar-refractivity contribution is -0.0125. The van der Waals surface area contributed by atoms with Gasteiger partial charge in [0.25, 0.3) is 0 Å². The van der Waals surface area contributed by atoms with Crippen molar-refractivity contribution in [3.05, 3.63) is 29.6 Å². The number of benzene rings is 1. The van der Waals surface area contributed by atoms with Crippen molar-refractivity contribution >= 4 is 11.7 Å². The quantitative estimate of drug-likeness (QED) is 0.451. The molecule has 0 aliphatic rings. The van der Waals surface area contributed by atoms with Crippen LogP contribution < -0.4 is 5.73 Å². The van der Waals surface area contributed by atoms with Crippen LogP contribution in [0.15, 0.2) is 18.2 Å². The maximum atomic E-state index is 12.9. The first-order valence-corrected chi connectivity index (χ1v) is 3.86. The minimum atomic E-state index is -0.647. The highest BCUT2D eigenvalue weighted by atomic mass is 19.1. The Morgan fingerprint density at radius 3 is 2.86 bits per heavy atom. The van der Waals surface area contributed by atoms with Crippen LogP contribution in [0, 0.1) is 5.82 Å². The molecule has 1 rings (SSSR count). The van der Waals surface area contributed by atoms with Gasteiger partial charge in [0.1, 0.15) is 5.82 Å². The Kier molecular flexibility index (Phi) is 3.41. The smallest absolute Gasteiger partial charge is 0.340 e. The maximum absolute atomic E-state index is 12.9. The van der Waals surface area contributed by atoms with Gasteiger partial charge >= 0.3 is 5.97 Å². The zero-order valence-corrected chi connectivity index (χ0v) is 7.62. The molecule has 0 unspecified atom stereocenters. The third-order valence-corrected chi connectivity index (χ3v) is 1.54. The van der Waals surface area contributed by atoms with Crippen molar-refractivity contribution in [3.63, 3.8) is 0 Å². The largest absolute Gasteiger partial charge is 0.435 e. The predicted octanol–water partition coefficient (Wildman–Crippen LogP) is 1.17. The molecule has 2 N–H and O–H groups in total. The first-order valence-electron chi connectivity index (χ1n) is 3.86. The molecule has 0 heterocycles. The summed E-state index contributed by atoms with van der Waals surface area (Å²) in [5, 5.41) is 0. The number of anilines is 1. The number of halogens is 1. The van der Waals surface area contributed by atoms with Crippen molar-refractivity contribution in [1.29, 1.82) is 0 Å². The Balaban J connectivity index is 2.76. The first kappa shape index (κ1) is 10.5. The van der Waals surface area contributed by atoms with Gasteiger partial charge in [0.15, 0.2) is 6.79 Å². The van der Waals surface area contributed by atoms with E-state index >= 15 is 0 Å². The summed E-state index contributed by atoms with van der Waals surface area (Å²) in [7, 11) is 1.39. The van der Waals surface area contributed by atoms with Crippen molar-refractivity contribution in [2.75, 3.05) is 19.6 Å². The van der Waals surface area contributed by atoms with Gasteiger partial charge in [0.05, 0.1) is 11.3 Å². The second-order valence-electron chi connectivity index (χ2n) is 2.57. The van der Waals surface area contributed by atoms with Crippen LogP contribution in [0.2, 0.25) is 0 Å². The standard InChI is InChI=1S/C9H10FNO3/c1-13-5-14-9(12)6-2-3-8(11)7(10)4-6/h2-4H,5,11H2,1H3. The minimum Gasteiger partial charge on any atom is -0.435 e. The molecular formula is C9H10FNO3. The van der Waals surface area contributed by atoms with Gasteiger partial charge in [-0.15, -0.1) is 0 Å². The third kappa shape index (κ3) is 2.43.